The predicted molar refractivity (Wildman–Crippen MR) is 132 cm³/mol. The molecule has 0 radical (unpaired) electrons. The topological polar surface area (TPSA) is 92.3 Å². The first kappa shape index (κ1) is 27.2. The normalized spacial score (nSPS) is 16.2. The van der Waals surface area contributed by atoms with Gasteiger partial charge in [-0.2, -0.15) is 28.1 Å². The van der Waals surface area contributed by atoms with E-state index in [0.717, 1.165) is 18.4 Å². The van der Waals surface area contributed by atoms with E-state index in [2.05, 4.69) is 30.5 Å². The lowest BCUT2D eigenvalue weighted by molar-refractivity contribution is -0.154. The van der Waals surface area contributed by atoms with Gasteiger partial charge >= 0.3 is 12.2 Å². The summed E-state index contributed by atoms with van der Waals surface area (Å²) in [5.41, 5.74) is 1.29. The minimum absolute atomic E-state index is 0.0550. The summed E-state index contributed by atoms with van der Waals surface area (Å²) in [7, 11) is 0. The second-order valence-corrected chi connectivity index (χ2v) is 8.85. The number of halogens is 4. The number of piperidine rings is 1. The van der Waals surface area contributed by atoms with Crippen LogP contribution in [0.15, 0.2) is 54.6 Å². The van der Waals surface area contributed by atoms with Crippen LogP contribution in [0.2, 0.25) is 0 Å². The van der Waals surface area contributed by atoms with Crippen molar-refractivity contribution >= 4 is 11.9 Å². The number of ether oxygens (including phenoxy) is 1. The fraction of sp³-hybridized carbons (Fsp3) is 0.385. The Hall–Kier alpha value is -3.80. The number of hydrogen-bond acceptors (Lipinski definition) is 7. The largest absolute Gasteiger partial charge is 0.454 e. The van der Waals surface area contributed by atoms with Crippen molar-refractivity contribution in [3.05, 3.63) is 77.4 Å². The zero-order valence-corrected chi connectivity index (χ0v) is 20.5. The fourth-order valence-corrected chi connectivity index (χ4v) is 4.15. The number of anilines is 1. The van der Waals surface area contributed by atoms with Crippen LogP contribution in [0.3, 0.4) is 0 Å². The summed E-state index contributed by atoms with van der Waals surface area (Å²) < 4.78 is 56.5. The van der Waals surface area contributed by atoms with Crippen LogP contribution in [0, 0.1) is 5.82 Å². The molecule has 1 aliphatic rings. The van der Waals surface area contributed by atoms with Crippen LogP contribution in [0.4, 0.5) is 23.5 Å². The molecule has 1 aromatic heterocycles. The Morgan fingerprint density at radius 1 is 1.03 bits per heavy atom. The number of carbonyl (C=O) groups excluding carboxylic acids is 1. The number of nitrogens with zero attached hydrogens (tertiary/aromatic N) is 4. The summed E-state index contributed by atoms with van der Waals surface area (Å²) in [6.07, 6.45) is -2.04. The van der Waals surface area contributed by atoms with Crippen molar-refractivity contribution in [3.63, 3.8) is 0 Å². The smallest absolute Gasteiger partial charge is 0.422 e. The van der Waals surface area contributed by atoms with E-state index in [-0.39, 0.29) is 36.1 Å². The molecule has 12 heteroatoms. The molecule has 1 aliphatic heterocycles. The van der Waals surface area contributed by atoms with Gasteiger partial charge in [0.15, 0.2) is 12.4 Å². The van der Waals surface area contributed by atoms with E-state index in [1.165, 1.54) is 12.1 Å². The average Bonchev–Trinajstić information content (AvgIpc) is 2.92. The minimum atomic E-state index is -4.55. The van der Waals surface area contributed by atoms with Crippen molar-refractivity contribution in [1.82, 2.24) is 25.2 Å². The van der Waals surface area contributed by atoms with Gasteiger partial charge in [-0.25, -0.2) is 4.39 Å². The fourth-order valence-electron chi connectivity index (χ4n) is 4.15. The number of alkyl halides is 3. The molecule has 3 aromatic rings. The first-order valence-corrected chi connectivity index (χ1v) is 12.3. The molecule has 0 bridgehead atoms. The number of amides is 1. The summed E-state index contributed by atoms with van der Waals surface area (Å²) in [4.78, 5) is 27.2. The molecule has 202 valence electrons. The second kappa shape index (κ2) is 12.6. The van der Waals surface area contributed by atoms with Crippen LogP contribution in [0.1, 0.15) is 47.1 Å². The lowest BCUT2D eigenvalue weighted by Crippen LogP contribution is -2.40. The molecule has 1 atom stereocenters. The van der Waals surface area contributed by atoms with Gasteiger partial charge in [-0.3, -0.25) is 9.69 Å². The van der Waals surface area contributed by atoms with Crippen molar-refractivity contribution in [1.29, 1.82) is 0 Å². The molecule has 2 heterocycles. The van der Waals surface area contributed by atoms with Crippen LogP contribution in [0.5, 0.6) is 6.01 Å². The predicted octanol–water partition coefficient (Wildman–Crippen LogP) is 4.52. The number of rotatable bonds is 10. The Balaban J connectivity index is 1.48. The molecule has 38 heavy (non-hydrogen) atoms. The van der Waals surface area contributed by atoms with Crippen LogP contribution in [0.25, 0.3) is 0 Å². The van der Waals surface area contributed by atoms with Gasteiger partial charge in [0.2, 0.25) is 5.95 Å². The van der Waals surface area contributed by atoms with Crippen LogP contribution in [-0.2, 0) is 6.54 Å². The van der Waals surface area contributed by atoms with Gasteiger partial charge in [-0.05, 0) is 49.2 Å². The Morgan fingerprint density at radius 2 is 1.79 bits per heavy atom. The van der Waals surface area contributed by atoms with Crippen molar-refractivity contribution < 1.29 is 27.1 Å². The highest BCUT2D eigenvalue weighted by Crippen LogP contribution is 2.30. The van der Waals surface area contributed by atoms with Gasteiger partial charge in [-0.15, -0.1) is 0 Å². The molecule has 4 rings (SSSR count). The maximum Gasteiger partial charge on any atom is 0.422 e. The third kappa shape index (κ3) is 8.10. The van der Waals surface area contributed by atoms with Gasteiger partial charge < -0.3 is 15.4 Å². The lowest BCUT2D eigenvalue weighted by Gasteiger charge is -2.34. The standard InChI is InChI=1S/C26H28F4N6O2/c27-20-11-9-18(10-12-20)16-32-24-33-22(34-25(35-24)38-17-26(28,29)30)21-8-4-5-14-36(21)15-13-31-23(37)19-6-2-1-3-7-19/h1-3,6-7,9-12,21H,4-5,8,13-17H2,(H,31,37)(H,32,33,34,35). The van der Waals surface area contributed by atoms with Gasteiger partial charge in [-0.1, -0.05) is 36.8 Å². The van der Waals surface area contributed by atoms with E-state index in [1.54, 1.807) is 36.4 Å². The van der Waals surface area contributed by atoms with Crippen molar-refractivity contribution in [2.75, 3.05) is 31.6 Å². The summed E-state index contributed by atoms with van der Waals surface area (Å²) in [5.74, 6) is -0.224. The van der Waals surface area contributed by atoms with Gasteiger partial charge in [0.25, 0.3) is 5.91 Å². The highest BCUT2D eigenvalue weighted by atomic mass is 19.4. The van der Waals surface area contributed by atoms with Crippen LogP contribution < -0.4 is 15.4 Å². The van der Waals surface area contributed by atoms with E-state index in [0.29, 0.717) is 31.6 Å². The molecule has 0 saturated carbocycles. The Bertz CT molecular complexity index is 1190. The number of benzene rings is 2. The number of aromatic nitrogens is 3. The monoisotopic (exact) mass is 532 g/mol. The highest BCUT2D eigenvalue weighted by molar-refractivity contribution is 5.94. The molecule has 1 amide bonds. The van der Waals surface area contributed by atoms with Crippen LogP contribution in [-0.4, -0.2) is 58.2 Å². The number of likely N-dealkylation sites (tertiary alicyclic amines) is 1. The summed E-state index contributed by atoms with van der Waals surface area (Å²) in [6, 6.07) is 13.9. The van der Waals surface area contributed by atoms with Crippen molar-refractivity contribution in [2.24, 2.45) is 0 Å². The van der Waals surface area contributed by atoms with E-state index < -0.39 is 18.8 Å². The molecule has 8 nitrogen and oxygen atoms in total. The van der Waals surface area contributed by atoms with Gasteiger partial charge in [0.1, 0.15) is 5.82 Å². The van der Waals surface area contributed by atoms with E-state index in [4.69, 9.17) is 4.74 Å². The SMILES string of the molecule is O=C(NCCN1CCCCC1c1nc(NCc2ccc(F)cc2)nc(OCC(F)(F)F)n1)c1ccccc1. The summed E-state index contributed by atoms with van der Waals surface area (Å²) in [6.45, 7) is 0.291. The Kier molecular flexibility index (Phi) is 9.06. The molecular formula is C26H28F4N6O2. The number of hydrogen-bond donors (Lipinski definition) is 2. The summed E-state index contributed by atoms with van der Waals surface area (Å²) in [5, 5.41) is 5.86. The maximum absolute atomic E-state index is 13.2. The zero-order valence-electron chi connectivity index (χ0n) is 20.5. The lowest BCUT2D eigenvalue weighted by atomic mass is 10.0. The first-order valence-electron chi connectivity index (χ1n) is 12.3. The number of nitrogens with one attached hydrogen (secondary N) is 2. The van der Waals surface area contributed by atoms with E-state index in [1.807, 2.05) is 6.07 Å². The first-order chi connectivity index (χ1) is 18.3. The minimum Gasteiger partial charge on any atom is -0.454 e. The molecule has 0 spiro atoms. The van der Waals surface area contributed by atoms with Crippen LogP contribution >= 0.6 is 0 Å². The zero-order chi connectivity index (χ0) is 27.0. The average molecular weight is 533 g/mol. The van der Waals surface area contributed by atoms with E-state index >= 15 is 0 Å². The Morgan fingerprint density at radius 3 is 2.53 bits per heavy atom. The molecule has 1 unspecified atom stereocenters. The third-order valence-electron chi connectivity index (χ3n) is 5.99. The molecule has 2 N–H and O–H groups in total. The highest BCUT2D eigenvalue weighted by Gasteiger charge is 2.31. The van der Waals surface area contributed by atoms with Crippen molar-refractivity contribution in [3.8, 4) is 6.01 Å². The van der Waals surface area contributed by atoms with Crippen molar-refractivity contribution in [2.45, 2.75) is 38.0 Å². The third-order valence-corrected chi connectivity index (χ3v) is 5.99. The quantitative estimate of drug-likeness (QED) is 0.371. The molecule has 0 aliphatic carbocycles. The molecule has 2 aromatic carbocycles. The maximum atomic E-state index is 13.2. The molecular weight excluding hydrogens is 504 g/mol. The second-order valence-electron chi connectivity index (χ2n) is 8.85. The van der Waals surface area contributed by atoms with Gasteiger partial charge in [0.05, 0.1) is 6.04 Å². The van der Waals surface area contributed by atoms with E-state index in [9.17, 15) is 22.4 Å². The molecule has 1 saturated heterocycles. The number of carbonyl (C=O) groups is 1. The summed E-state index contributed by atoms with van der Waals surface area (Å²) >= 11 is 0. The Labute approximate surface area is 217 Å². The molecule has 1 fully saturated rings. The van der Waals surface area contributed by atoms with Gasteiger partial charge in [0, 0.05) is 25.2 Å².